The van der Waals surface area contributed by atoms with Crippen LogP contribution in [0.15, 0.2) is 36.4 Å². The van der Waals surface area contributed by atoms with E-state index in [1.807, 2.05) is 18.2 Å². The van der Waals surface area contributed by atoms with Gasteiger partial charge in [0.05, 0.1) is 13.2 Å². The summed E-state index contributed by atoms with van der Waals surface area (Å²) in [6.45, 7) is 4.95. The van der Waals surface area contributed by atoms with Gasteiger partial charge in [0.15, 0.2) is 0 Å². The number of carbonyl (C=O) groups excluding carboxylic acids is 2. The number of thiophene rings is 1. The van der Waals surface area contributed by atoms with Crippen LogP contribution >= 0.6 is 11.3 Å². The van der Waals surface area contributed by atoms with Crippen LogP contribution in [0.25, 0.3) is 0 Å². The minimum atomic E-state index is -0.279. The lowest BCUT2D eigenvalue weighted by atomic mass is 10.0. The van der Waals surface area contributed by atoms with Crippen molar-refractivity contribution >= 4 is 23.7 Å². The smallest absolute Gasteiger partial charge is 0.348 e. The van der Waals surface area contributed by atoms with Crippen molar-refractivity contribution in [1.82, 2.24) is 5.32 Å². The van der Waals surface area contributed by atoms with E-state index in [9.17, 15) is 14.7 Å². The SMILES string of the molecule is CCCCCC(O)c1ccc(C)cc1.COC(=O)c1ccc(CCCCNC=O)s1. The van der Waals surface area contributed by atoms with E-state index in [2.05, 4.69) is 36.0 Å². The van der Waals surface area contributed by atoms with E-state index in [0.717, 1.165) is 37.7 Å². The molecule has 1 aromatic carbocycles. The van der Waals surface area contributed by atoms with E-state index >= 15 is 0 Å². The molecule has 0 aliphatic rings. The summed E-state index contributed by atoms with van der Waals surface area (Å²) in [6.07, 6.45) is 7.74. The Morgan fingerprint density at radius 3 is 2.50 bits per heavy atom. The van der Waals surface area contributed by atoms with Gasteiger partial charge in [-0.25, -0.2) is 4.79 Å². The topological polar surface area (TPSA) is 75.6 Å². The molecule has 1 aromatic heterocycles. The van der Waals surface area contributed by atoms with Crippen molar-refractivity contribution in [3.63, 3.8) is 0 Å². The molecule has 0 saturated carbocycles. The van der Waals surface area contributed by atoms with Gasteiger partial charge in [-0.15, -0.1) is 11.3 Å². The highest BCUT2D eigenvalue weighted by Crippen LogP contribution is 2.20. The maximum Gasteiger partial charge on any atom is 0.348 e. The third-order valence-electron chi connectivity index (χ3n) is 4.67. The fourth-order valence-corrected chi connectivity index (χ4v) is 3.82. The van der Waals surface area contributed by atoms with Gasteiger partial charge in [-0.2, -0.15) is 0 Å². The molecule has 5 nitrogen and oxygen atoms in total. The van der Waals surface area contributed by atoms with Crippen molar-refractivity contribution in [1.29, 1.82) is 0 Å². The third-order valence-corrected chi connectivity index (χ3v) is 5.79. The fraction of sp³-hybridized carbons (Fsp3) is 0.500. The summed E-state index contributed by atoms with van der Waals surface area (Å²) in [6, 6.07) is 11.9. The lowest BCUT2D eigenvalue weighted by molar-refractivity contribution is -0.109. The first kappa shape index (κ1) is 25.9. The minimum Gasteiger partial charge on any atom is -0.465 e. The number of methoxy groups -OCH3 is 1. The van der Waals surface area contributed by atoms with Crippen molar-refractivity contribution in [2.24, 2.45) is 0 Å². The molecule has 0 saturated heterocycles. The Labute approximate surface area is 184 Å². The molecule has 0 bridgehead atoms. The Bertz CT molecular complexity index is 727. The van der Waals surface area contributed by atoms with Crippen LogP contribution in [0.2, 0.25) is 0 Å². The van der Waals surface area contributed by atoms with Crippen molar-refractivity contribution in [2.75, 3.05) is 13.7 Å². The molecule has 1 unspecified atom stereocenters. The summed E-state index contributed by atoms with van der Waals surface area (Å²) >= 11 is 1.46. The molecule has 6 heteroatoms. The van der Waals surface area contributed by atoms with Crippen LogP contribution in [0.5, 0.6) is 0 Å². The summed E-state index contributed by atoms with van der Waals surface area (Å²) < 4.78 is 4.63. The number of aliphatic hydroxyl groups is 1. The van der Waals surface area contributed by atoms with Crippen LogP contribution in [0.4, 0.5) is 0 Å². The first-order valence-electron chi connectivity index (χ1n) is 10.6. The number of rotatable bonds is 12. The van der Waals surface area contributed by atoms with Crippen LogP contribution < -0.4 is 5.32 Å². The highest BCUT2D eigenvalue weighted by molar-refractivity contribution is 7.13. The predicted molar refractivity (Wildman–Crippen MR) is 123 cm³/mol. The number of aliphatic hydroxyl groups excluding tert-OH is 1. The number of carbonyl (C=O) groups is 2. The van der Waals surface area contributed by atoms with Gasteiger partial charge in [-0.1, -0.05) is 56.0 Å². The molecule has 0 aliphatic heterocycles. The number of esters is 1. The molecule has 30 heavy (non-hydrogen) atoms. The normalized spacial score (nSPS) is 11.2. The number of hydrogen-bond acceptors (Lipinski definition) is 5. The molecule has 0 spiro atoms. The van der Waals surface area contributed by atoms with Gasteiger partial charge >= 0.3 is 5.97 Å². The van der Waals surface area contributed by atoms with Gasteiger partial charge in [0.2, 0.25) is 6.41 Å². The number of aryl methyl sites for hydroxylation is 2. The van der Waals surface area contributed by atoms with Crippen LogP contribution in [-0.2, 0) is 16.0 Å². The van der Waals surface area contributed by atoms with E-state index in [-0.39, 0.29) is 12.1 Å². The molecule has 0 aliphatic carbocycles. The summed E-state index contributed by atoms with van der Waals surface area (Å²) in [4.78, 5) is 23.0. The Morgan fingerprint density at radius 1 is 1.13 bits per heavy atom. The van der Waals surface area contributed by atoms with E-state index < -0.39 is 0 Å². The molecule has 166 valence electrons. The Kier molecular flexibility index (Phi) is 13.5. The maximum atomic E-state index is 11.2. The monoisotopic (exact) mass is 433 g/mol. The zero-order chi connectivity index (χ0) is 22.2. The van der Waals surface area contributed by atoms with Crippen LogP contribution in [0, 0.1) is 6.92 Å². The number of hydrogen-bond donors (Lipinski definition) is 2. The van der Waals surface area contributed by atoms with E-state index in [1.54, 1.807) is 6.07 Å². The third kappa shape index (κ3) is 10.6. The number of nitrogens with one attached hydrogen (secondary N) is 1. The molecule has 2 aromatic rings. The number of benzene rings is 1. The second-order valence-electron chi connectivity index (χ2n) is 7.21. The molecule has 0 fully saturated rings. The van der Waals surface area contributed by atoms with Gasteiger partial charge in [0.25, 0.3) is 0 Å². The van der Waals surface area contributed by atoms with Crippen LogP contribution in [-0.4, -0.2) is 31.1 Å². The molecule has 1 heterocycles. The average Bonchev–Trinajstić information content (AvgIpc) is 3.23. The standard InChI is InChI=1S/C13H20O.C11H15NO3S/c1-3-4-5-6-13(14)12-9-7-11(2)8-10-12;1-15-11(14)10-6-5-9(16-10)4-2-3-7-12-8-13/h7-10,13-14H,3-6H2,1-2H3;5-6,8H,2-4,7H2,1H3,(H,12,13). The molecule has 2 N–H and O–H groups in total. The van der Waals surface area contributed by atoms with E-state index in [0.29, 0.717) is 17.8 Å². The second kappa shape index (κ2) is 15.6. The van der Waals surface area contributed by atoms with E-state index in [1.165, 1.54) is 41.7 Å². The van der Waals surface area contributed by atoms with Gasteiger partial charge < -0.3 is 15.2 Å². The van der Waals surface area contributed by atoms with Gasteiger partial charge in [-0.3, -0.25) is 4.79 Å². The summed E-state index contributed by atoms with van der Waals surface area (Å²) in [7, 11) is 1.38. The van der Waals surface area contributed by atoms with Crippen molar-refractivity contribution in [2.45, 2.75) is 64.9 Å². The maximum absolute atomic E-state index is 11.2. The average molecular weight is 434 g/mol. The molecule has 1 amide bonds. The Hall–Kier alpha value is -2.18. The largest absolute Gasteiger partial charge is 0.465 e. The van der Waals surface area contributed by atoms with Gasteiger partial charge in [0.1, 0.15) is 4.88 Å². The lowest BCUT2D eigenvalue weighted by Crippen LogP contribution is -2.11. The lowest BCUT2D eigenvalue weighted by Gasteiger charge is -2.10. The highest BCUT2D eigenvalue weighted by atomic mass is 32.1. The summed E-state index contributed by atoms with van der Waals surface area (Å²) in [5.41, 5.74) is 2.29. The van der Waals surface area contributed by atoms with Crippen molar-refractivity contribution < 1.29 is 19.4 Å². The summed E-state index contributed by atoms with van der Waals surface area (Å²) in [5.74, 6) is -0.279. The summed E-state index contributed by atoms with van der Waals surface area (Å²) in [5, 5.41) is 12.5. The first-order valence-corrected chi connectivity index (χ1v) is 11.4. The molecular weight excluding hydrogens is 398 g/mol. The van der Waals surface area contributed by atoms with Crippen LogP contribution in [0.3, 0.4) is 0 Å². The number of unbranched alkanes of at least 4 members (excludes halogenated alkanes) is 3. The number of ether oxygens (including phenoxy) is 1. The zero-order valence-electron chi connectivity index (χ0n) is 18.4. The fourth-order valence-electron chi connectivity index (χ4n) is 2.85. The van der Waals surface area contributed by atoms with E-state index in [4.69, 9.17) is 0 Å². The second-order valence-corrected chi connectivity index (χ2v) is 8.38. The molecular formula is C24H35NO4S. The minimum absolute atomic E-state index is 0.276. The van der Waals surface area contributed by atoms with Crippen molar-refractivity contribution in [3.8, 4) is 0 Å². The zero-order valence-corrected chi connectivity index (χ0v) is 19.2. The van der Waals surface area contributed by atoms with Crippen molar-refractivity contribution in [3.05, 3.63) is 57.3 Å². The quantitative estimate of drug-likeness (QED) is 0.274. The Morgan fingerprint density at radius 2 is 1.87 bits per heavy atom. The van der Waals surface area contributed by atoms with Gasteiger partial charge in [0, 0.05) is 11.4 Å². The van der Waals surface area contributed by atoms with Gasteiger partial charge in [-0.05, 0) is 50.3 Å². The molecule has 2 rings (SSSR count). The Balaban J connectivity index is 0.000000303. The predicted octanol–water partition coefficient (Wildman–Crippen LogP) is 5.21. The number of amides is 1. The molecule has 1 atom stereocenters. The first-order chi connectivity index (χ1) is 14.5. The molecule has 0 radical (unpaired) electrons. The highest BCUT2D eigenvalue weighted by Gasteiger charge is 2.08. The van der Waals surface area contributed by atoms with Crippen LogP contribution in [0.1, 0.15) is 77.2 Å².